The van der Waals surface area contributed by atoms with Crippen LogP contribution in [0.3, 0.4) is 0 Å². The van der Waals surface area contributed by atoms with Gasteiger partial charge in [-0.1, -0.05) is 25.1 Å². The second kappa shape index (κ2) is 7.55. The topological polar surface area (TPSA) is 24.7 Å². The van der Waals surface area contributed by atoms with E-state index in [1.165, 1.54) is 0 Å². The molecule has 1 aromatic rings. The van der Waals surface area contributed by atoms with Gasteiger partial charge >= 0.3 is 0 Å². The molecule has 0 amide bonds. The maximum absolute atomic E-state index is 4.06. The molecule has 2 nitrogen and oxygen atoms in total. The van der Waals surface area contributed by atoms with Gasteiger partial charge in [-0.3, -0.25) is 0 Å². The van der Waals surface area contributed by atoms with E-state index in [4.69, 9.17) is 0 Å². The van der Waals surface area contributed by atoms with Crippen LogP contribution in [0.25, 0.3) is 0 Å². The van der Waals surface area contributed by atoms with E-state index in [-0.39, 0.29) is 0 Å². The van der Waals surface area contributed by atoms with Gasteiger partial charge in [-0.05, 0) is 12.1 Å². The minimum absolute atomic E-state index is 0.670. The summed E-state index contributed by atoms with van der Waals surface area (Å²) in [5.74, 6) is 6.00. The Hall–Kier alpha value is -1.84. The lowest BCUT2D eigenvalue weighted by Gasteiger charge is -1.85. The molecule has 0 spiro atoms. The van der Waals surface area contributed by atoms with Gasteiger partial charge in [0.05, 0.1) is 18.2 Å². The quantitative estimate of drug-likeness (QED) is 0.404. The Kier molecular flexibility index (Phi) is 5.66. The third kappa shape index (κ3) is 5.46. The molecule has 1 aromatic carbocycles. The predicted molar refractivity (Wildman–Crippen MR) is 63.5 cm³/mol. The van der Waals surface area contributed by atoms with E-state index in [0.717, 1.165) is 18.5 Å². The first-order valence-electron chi connectivity index (χ1n) is 5.06. The second-order valence-electron chi connectivity index (χ2n) is 2.89. The molecule has 0 saturated carbocycles. The van der Waals surface area contributed by atoms with Crippen molar-refractivity contribution in [3.05, 3.63) is 30.3 Å². The minimum atomic E-state index is 0.670. The van der Waals surface area contributed by atoms with Crippen molar-refractivity contribution < 1.29 is 0 Å². The lowest BCUT2D eigenvalue weighted by molar-refractivity contribution is 1.04. The van der Waals surface area contributed by atoms with Crippen molar-refractivity contribution in [1.82, 2.24) is 0 Å². The van der Waals surface area contributed by atoms with Crippen LogP contribution < -0.4 is 0 Å². The molecule has 2 heteroatoms. The number of rotatable bonds is 3. The maximum atomic E-state index is 4.06. The van der Waals surface area contributed by atoms with Crippen molar-refractivity contribution in [2.24, 2.45) is 9.98 Å². The van der Waals surface area contributed by atoms with Crippen LogP contribution in [0.4, 0.5) is 5.69 Å². The Balaban J connectivity index is 2.35. The van der Waals surface area contributed by atoms with Crippen LogP contribution in [0, 0.1) is 11.8 Å². The zero-order valence-electron chi connectivity index (χ0n) is 8.90. The van der Waals surface area contributed by atoms with Gasteiger partial charge in [0.1, 0.15) is 0 Å². The first-order valence-corrected chi connectivity index (χ1v) is 5.06. The Labute approximate surface area is 90.8 Å². The number of benzene rings is 1. The largest absolute Gasteiger partial charge is 0.224 e. The predicted octanol–water partition coefficient (Wildman–Crippen LogP) is 3.30. The van der Waals surface area contributed by atoms with E-state index in [9.17, 15) is 0 Å². The standard InChI is InChI=1S/C13H14N2/c1-2-3-4-8-11-14-12-15-13-9-6-5-7-10-13/h5-7,9-10H,2,8,11H2,1H3. The molecule has 76 valence electrons. The van der Waals surface area contributed by atoms with Crippen molar-refractivity contribution in [2.75, 3.05) is 6.54 Å². The van der Waals surface area contributed by atoms with Crippen molar-refractivity contribution in [3.63, 3.8) is 0 Å². The maximum Gasteiger partial charge on any atom is 0.0949 e. The molecule has 0 saturated heterocycles. The summed E-state index contributed by atoms with van der Waals surface area (Å²) in [6.07, 6.45) is 1.69. The van der Waals surface area contributed by atoms with E-state index in [2.05, 4.69) is 27.8 Å². The van der Waals surface area contributed by atoms with Gasteiger partial charge in [0.15, 0.2) is 0 Å². The van der Waals surface area contributed by atoms with Crippen LogP contribution in [0.2, 0.25) is 0 Å². The van der Waals surface area contributed by atoms with Gasteiger partial charge < -0.3 is 0 Å². The van der Waals surface area contributed by atoms with Gasteiger partial charge in [-0.25, -0.2) is 4.99 Å². The summed E-state index contributed by atoms with van der Waals surface area (Å²) in [7, 11) is 0. The fourth-order valence-electron chi connectivity index (χ4n) is 0.971. The first kappa shape index (κ1) is 11.2. The molecular weight excluding hydrogens is 184 g/mol. The summed E-state index contributed by atoms with van der Waals surface area (Å²) in [5.41, 5.74) is 0.876. The van der Waals surface area contributed by atoms with E-state index in [0.29, 0.717) is 6.54 Å². The third-order valence-electron chi connectivity index (χ3n) is 1.66. The zero-order valence-corrected chi connectivity index (χ0v) is 8.90. The second-order valence-corrected chi connectivity index (χ2v) is 2.89. The molecule has 0 aliphatic carbocycles. The summed E-state index contributed by atoms with van der Waals surface area (Å²) in [4.78, 5) is 8.08. The molecule has 0 atom stereocenters. The van der Waals surface area contributed by atoms with E-state index in [1.807, 2.05) is 37.3 Å². The summed E-state index contributed by atoms with van der Waals surface area (Å²) < 4.78 is 0. The highest BCUT2D eigenvalue weighted by Gasteiger charge is 1.80. The average molecular weight is 198 g/mol. The molecule has 0 fully saturated rings. The van der Waals surface area contributed by atoms with Gasteiger partial charge in [-0.15, -0.1) is 11.8 Å². The van der Waals surface area contributed by atoms with E-state index in [1.54, 1.807) is 0 Å². The number of hydrogen-bond acceptors (Lipinski definition) is 2. The van der Waals surface area contributed by atoms with E-state index >= 15 is 0 Å². The lowest BCUT2D eigenvalue weighted by Crippen LogP contribution is -1.74. The average Bonchev–Trinajstić information content (AvgIpc) is 2.29. The van der Waals surface area contributed by atoms with Crippen LogP contribution in [0.15, 0.2) is 40.3 Å². The number of para-hydroxylation sites is 1. The summed E-state index contributed by atoms with van der Waals surface area (Å²) in [5, 5.41) is 0. The number of hydrogen-bond donors (Lipinski definition) is 0. The molecule has 0 aliphatic heterocycles. The van der Waals surface area contributed by atoms with E-state index < -0.39 is 0 Å². The molecule has 15 heavy (non-hydrogen) atoms. The Morgan fingerprint density at radius 3 is 2.67 bits per heavy atom. The Morgan fingerprint density at radius 2 is 1.93 bits per heavy atom. The first-order chi connectivity index (χ1) is 7.43. The van der Waals surface area contributed by atoms with Gasteiger partial charge in [0, 0.05) is 12.8 Å². The van der Waals surface area contributed by atoms with Gasteiger partial charge in [0.25, 0.3) is 0 Å². The van der Waals surface area contributed by atoms with Gasteiger partial charge in [0.2, 0.25) is 0 Å². The molecule has 0 aliphatic rings. The third-order valence-corrected chi connectivity index (χ3v) is 1.66. The molecule has 0 radical (unpaired) electrons. The molecular formula is C13H14N2. The van der Waals surface area contributed by atoms with Crippen molar-refractivity contribution in [3.8, 4) is 11.8 Å². The SMILES string of the molecule is CCC#CCCN=C=Nc1ccccc1. The minimum Gasteiger partial charge on any atom is -0.224 e. The highest BCUT2D eigenvalue weighted by Crippen LogP contribution is 2.07. The smallest absolute Gasteiger partial charge is 0.0949 e. The Morgan fingerprint density at radius 1 is 1.13 bits per heavy atom. The molecule has 0 aromatic heterocycles. The lowest BCUT2D eigenvalue weighted by atomic mass is 10.3. The molecule has 0 heterocycles. The van der Waals surface area contributed by atoms with Crippen molar-refractivity contribution >= 4 is 11.7 Å². The summed E-state index contributed by atoms with van der Waals surface area (Å²) in [6.45, 7) is 2.70. The van der Waals surface area contributed by atoms with Crippen LogP contribution in [0.1, 0.15) is 19.8 Å². The molecule has 0 unspecified atom stereocenters. The van der Waals surface area contributed by atoms with Crippen LogP contribution in [-0.2, 0) is 0 Å². The fraction of sp³-hybridized carbons (Fsp3) is 0.308. The van der Waals surface area contributed by atoms with Crippen LogP contribution >= 0.6 is 0 Å². The zero-order chi connectivity index (χ0) is 10.8. The van der Waals surface area contributed by atoms with Gasteiger partial charge in [-0.2, -0.15) is 4.99 Å². The molecule has 0 N–H and O–H groups in total. The summed E-state index contributed by atoms with van der Waals surface area (Å²) >= 11 is 0. The monoisotopic (exact) mass is 198 g/mol. The summed E-state index contributed by atoms with van der Waals surface area (Å²) in [6, 6.07) is 12.3. The highest BCUT2D eigenvalue weighted by molar-refractivity contribution is 5.51. The fourth-order valence-corrected chi connectivity index (χ4v) is 0.971. The van der Waals surface area contributed by atoms with Crippen molar-refractivity contribution in [1.29, 1.82) is 0 Å². The highest BCUT2D eigenvalue weighted by atomic mass is 14.8. The Bertz CT molecular complexity index is 390. The number of aliphatic imine (C=N–C) groups is 2. The van der Waals surface area contributed by atoms with Crippen molar-refractivity contribution in [2.45, 2.75) is 19.8 Å². The normalized spacial score (nSPS) is 8.33. The molecule has 0 bridgehead atoms. The van der Waals surface area contributed by atoms with Crippen LogP contribution in [0.5, 0.6) is 0 Å². The number of nitrogens with zero attached hydrogens (tertiary/aromatic N) is 2. The molecule has 1 rings (SSSR count). The van der Waals surface area contributed by atoms with Crippen LogP contribution in [-0.4, -0.2) is 12.6 Å².